The maximum atomic E-state index is 12.6. The highest BCUT2D eigenvalue weighted by Crippen LogP contribution is 2.22. The van der Waals surface area contributed by atoms with Crippen molar-refractivity contribution in [2.24, 2.45) is 0 Å². The number of carbonyl (C=O) groups is 1. The fraction of sp³-hybridized carbons (Fsp3) is 0.182. The number of nitrogens with zero attached hydrogens (tertiary/aromatic N) is 1. The normalized spacial score (nSPS) is 10.6. The number of benzene rings is 2. The topological polar surface area (TPSA) is 63.1 Å². The Bertz CT molecular complexity index is 1040. The lowest BCUT2D eigenvalue weighted by atomic mass is 10.1. The molecule has 0 aliphatic rings. The van der Waals surface area contributed by atoms with Gasteiger partial charge in [0.1, 0.15) is 12.2 Å². The molecule has 0 spiro atoms. The van der Waals surface area contributed by atoms with Crippen LogP contribution in [0.25, 0.3) is 0 Å². The lowest BCUT2D eigenvalue weighted by molar-refractivity contribution is -0.121. The standard InChI is InChI=1S/C22H21Cl2N3O2/c23-18-9-8-17(13-19(18)24)14-26-20-7-4-12-27(22(20)29)15-21(28)25-11-10-16-5-2-1-3-6-16/h1-9,12-13,26H,10-11,14-15H2,(H,25,28). The van der Waals surface area contributed by atoms with E-state index in [0.717, 1.165) is 17.5 Å². The summed E-state index contributed by atoms with van der Waals surface area (Å²) in [5, 5.41) is 6.88. The van der Waals surface area contributed by atoms with Crippen molar-refractivity contribution in [2.75, 3.05) is 11.9 Å². The average Bonchev–Trinajstić information content (AvgIpc) is 2.72. The molecule has 0 bridgehead atoms. The van der Waals surface area contributed by atoms with Gasteiger partial charge in [-0.05, 0) is 41.8 Å². The van der Waals surface area contributed by atoms with E-state index in [0.29, 0.717) is 28.8 Å². The van der Waals surface area contributed by atoms with Crippen LogP contribution >= 0.6 is 23.2 Å². The fourth-order valence-electron chi connectivity index (χ4n) is 2.84. The molecule has 0 aliphatic heterocycles. The molecule has 0 aliphatic carbocycles. The summed E-state index contributed by atoms with van der Waals surface area (Å²) < 4.78 is 1.38. The molecule has 150 valence electrons. The Morgan fingerprint density at radius 1 is 0.931 bits per heavy atom. The van der Waals surface area contributed by atoms with Gasteiger partial charge in [-0.3, -0.25) is 9.59 Å². The first-order valence-electron chi connectivity index (χ1n) is 9.21. The molecule has 2 N–H and O–H groups in total. The van der Waals surface area contributed by atoms with E-state index in [9.17, 15) is 9.59 Å². The number of rotatable bonds is 8. The van der Waals surface area contributed by atoms with Gasteiger partial charge in [-0.2, -0.15) is 0 Å². The maximum absolute atomic E-state index is 12.6. The van der Waals surface area contributed by atoms with Gasteiger partial charge in [0.15, 0.2) is 0 Å². The number of hydrogen-bond donors (Lipinski definition) is 2. The zero-order valence-corrected chi connectivity index (χ0v) is 17.2. The zero-order valence-electron chi connectivity index (χ0n) is 15.7. The molecule has 1 aromatic heterocycles. The van der Waals surface area contributed by atoms with E-state index in [1.54, 1.807) is 30.5 Å². The Labute approximate surface area is 179 Å². The minimum atomic E-state index is -0.259. The summed E-state index contributed by atoms with van der Waals surface area (Å²) in [4.78, 5) is 24.8. The van der Waals surface area contributed by atoms with E-state index in [-0.39, 0.29) is 18.0 Å². The van der Waals surface area contributed by atoms with Gasteiger partial charge in [-0.25, -0.2) is 0 Å². The van der Waals surface area contributed by atoms with Crippen LogP contribution in [-0.2, 0) is 24.3 Å². The molecule has 0 radical (unpaired) electrons. The van der Waals surface area contributed by atoms with Crippen LogP contribution in [0.1, 0.15) is 11.1 Å². The summed E-state index contributed by atoms with van der Waals surface area (Å²) in [5.41, 5.74) is 2.20. The first-order valence-corrected chi connectivity index (χ1v) is 9.96. The van der Waals surface area contributed by atoms with Crippen LogP contribution in [0.15, 0.2) is 71.7 Å². The van der Waals surface area contributed by atoms with Crippen LogP contribution in [0.5, 0.6) is 0 Å². The molecule has 29 heavy (non-hydrogen) atoms. The molecule has 0 atom stereocenters. The first kappa shape index (κ1) is 21.0. The molecule has 5 nitrogen and oxygen atoms in total. The van der Waals surface area contributed by atoms with Gasteiger partial charge >= 0.3 is 0 Å². The van der Waals surface area contributed by atoms with Crippen molar-refractivity contribution in [3.63, 3.8) is 0 Å². The average molecular weight is 430 g/mol. The Morgan fingerprint density at radius 2 is 1.72 bits per heavy atom. The smallest absolute Gasteiger partial charge is 0.274 e. The molecule has 1 amide bonds. The Morgan fingerprint density at radius 3 is 2.48 bits per heavy atom. The minimum Gasteiger partial charge on any atom is -0.377 e. The van der Waals surface area contributed by atoms with Crippen molar-refractivity contribution in [1.29, 1.82) is 0 Å². The summed E-state index contributed by atoms with van der Waals surface area (Å²) in [6, 6.07) is 18.6. The number of amides is 1. The zero-order chi connectivity index (χ0) is 20.6. The molecule has 7 heteroatoms. The summed E-state index contributed by atoms with van der Waals surface area (Å²) in [6.07, 6.45) is 2.34. The number of pyridine rings is 1. The lowest BCUT2D eigenvalue weighted by Gasteiger charge is -2.11. The second-order valence-corrected chi connectivity index (χ2v) is 7.36. The summed E-state index contributed by atoms with van der Waals surface area (Å²) in [5.74, 6) is -0.204. The molecular weight excluding hydrogens is 409 g/mol. The van der Waals surface area contributed by atoms with Gasteiger partial charge in [0.2, 0.25) is 5.91 Å². The number of nitrogens with one attached hydrogen (secondary N) is 2. The van der Waals surface area contributed by atoms with Gasteiger partial charge in [-0.15, -0.1) is 0 Å². The molecule has 0 saturated carbocycles. The van der Waals surface area contributed by atoms with Crippen molar-refractivity contribution in [2.45, 2.75) is 19.5 Å². The van der Waals surface area contributed by atoms with E-state index >= 15 is 0 Å². The molecular formula is C22H21Cl2N3O2. The summed E-state index contributed by atoms with van der Waals surface area (Å²) in [6.45, 7) is 0.905. The number of halogens is 2. The summed E-state index contributed by atoms with van der Waals surface area (Å²) in [7, 11) is 0. The van der Waals surface area contributed by atoms with Gasteiger partial charge in [0, 0.05) is 19.3 Å². The van der Waals surface area contributed by atoms with Crippen LogP contribution in [0.2, 0.25) is 10.0 Å². The Hall–Kier alpha value is -2.76. The van der Waals surface area contributed by atoms with E-state index in [4.69, 9.17) is 23.2 Å². The minimum absolute atomic E-state index is 0.0318. The highest BCUT2D eigenvalue weighted by atomic mass is 35.5. The van der Waals surface area contributed by atoms with Crippen LogP contribution in [-0.4, -0.2) is 17.0 Å². The van der Waals surface area contributed by atoms with Crippen molar-refractivity contribution in [3.8, 4) is 0 Å². The van der Waals surface area contributed by atoms with Crippen molar-refractivity contribution < 1.29 is 4.79 Å². The molecule has 0 unspecified atom stereocenters. The molecule has 2 aromatic carbocycles. The van der Waals surface area contributed by atoms with E-state index in [1.807, 2.05) is 36.4 Å². The molecule has 3 rings (SSSR count). The van der Waals surface area contributed by atoms with E-state index < -0.39 is 0 Å². The van der Waals surface area contributed by atoms with E-state index in [1.165, 1.54) is 4.57 Å². The maximum Gasteiger partial charge on any atom is 0.274 e. The highest BCUT2D eigenvalue weighted by Gasteiger charge is 2.08. The van der Waals surface area contributed by atoms with Gasteiger partial charge in [0.05, 0.1) is 10.0 Å². The van der Waals surface area contributed by atoms with Gasteiger partial charge < -0.3 is 15.2 Å². The highest BCUT2D eigenvalue weighted by molar-refractivity contribution is 6.42. The molecule has 3 aromatic rings. The van der Waals surface area contributed by atoms with Gasteiger partial charge in [-0.1, -0.05) is 59.6 Å². The number of aromatic nitrogens is 1. The van der Waals surface area contributed by atoms with Crippen LogP contribution in [0.4, 0.5) is 5.69 Å². The second-order valence-electron chi connectivity index (χ2n) is 6.54. The van der Waals surface area contributed by atoms with E-state index in [2.05, 4.69) is 10.6 Å². The third-order valence-corrected chi connectivity index (χ3v) is 5.12. The van der Waals surface area contributed by atoms with Crippen LogP contribution in [0.3, 0.4) is 0 Å². The SMILES string of the molecule is O=C(Cn1cccc(NCc2ccc(Cl)c(Cl)c2)c1=O)NCCc1ccccc1. The predicted octanol–water partition coefficient (Wildman–Crippen LogP) is 4.13. The molecule has 1 heterocycles. The predicted molar refractivity (Wildman–Crippen MR) is 118 cm³/mol. The third-order valence-electron chi connectivity index (χ3n) is 4.38. The Balaban J connectivity index is 1.55. The first-order chi connectivity index (χ1) is 14.0. The van der Waals surface area contributed by atoms with Crippen LogP contribution in [0, 0.1) is 0 Å². The Kier molecular flexibility index (Phi) is 7.33. The molecule has 0 fully saturated rings. The van der Waals surface area contributed by atoms with Crippen molar-refractivity contribution in [1.82, 2.24) is 9.88 Å². The quantitative estimate of drug-likeness (QED) is 0.565. The number of hydrogen-bond acceptors (Lipinski definition) is 3. The monoisotopic (exact) mass is 429 g/mol. The fourth-order valence-corrected chi connectivity index (χ4v) is 3.17. The van der Waals surface area contributed by atoms with Crippen molar-refractivity contribution in [3.05, 3.63) is 98.4 Å². The van der Waals surface area contributed by atoms with Gasteiger partial charge in [0.25, 0.3) is 5.56 Å². The number of carbonyl (C=O) groups excluding carboxylic acids is 1. The number of anilines is 1. The third kappa shape index (κ3) is 6.11. The largest absolute Gasteiger partial charge is 0.377 e. The molecule has 0 saturated heterocycles. The van der Waals surface area contributed by atoms with Crippen LogP contribution < -0.4 is 16.2 Å². The lowest BCUT2D eigenvalue weighted by Crippen LogP contribution is -2.33. The van der Waals surface area contributed by atoms with Crippen molar-refractivity contribution >= 4 is 34.8 Å². The second kappa shape index (κ2) is 10.1. The summed E-state index contributed by atoms with van der Waals surface area (Å²) >= 11 is 11.9.